The van der Waals surface area contributed by atoms with Crippen LogP contribution in [-0.2, 0) is 13.0 Å². The van der Waals surface area contributed by atoms with E-state index >= 15 is 0 Å². The van der Waals surface area contributed by atoms with Crippen molar-refractivity contribution in [2.45, 2.75) is 53.0 Å². The number of aryl methyl sites for hydroxylation is 4. The molecule has 0 spiro atoms. The Morgan fingerprint density at radius 3 is 2.81 bits per heavy atom. The van der Waals surface area contributed by atoms with E-state index in [0.717, 1.165) is 65.1 Å². The molecule has 1 aromatic carbocycles. The molecule has 3 aromatic heterocycles. The van der Waals surface area contributed by atoms with Gasteiger partial charge in [-0.05, 0) is 57.4 Å². The maximum Gasteiger partial charge on any atom is 0.266 e. The van der Waals surface area contributed by atoms with Crippen molar-refractivity contribution < 1.29 is 9.18 Å². The first-order valence-electron chi connectivity index (χ1n) is 10.7. The molecule has 1 aliphatic rings. The van der Waals surface area contributed by atoms with Gasteiger partial charge in [0.25, 0.3) is 5.91 Å². The van der Waals surface area contributed by atoms with Gasteiger partial charge in [0.2, 0.25) is 0 Å². The van der Waals surface area contributed by atoms with Crippen LogP contribution < -0.4 is 5.32 Å². The number of aromatic nitrogens is 5. The Morgan fingerprint density at radius 2 is 1.97 bits per heavy atom. The van der Waals surface area contributed by atoms with Crippen LogP contribution in [0.15, 0.2) is 18.2 Å². The number of carbonyl (C=O) groups excluding carboxylic acids is 1. The van der Waals surface area contributed by atoms with Crippen LogP contribution in [0.2, 0.25) is 0 Å². The highest BCUT2D eigenvalue weighted by atomic mass is 32.1. The lowest BCUT2D eigenvalue weighted by atomic mass is 10.1. The number of thiophene rings is 1. The maximum absolute atomic E-state index is 14.6. The summed E-state index contributed by atoms with van der Waals surface area (Å²) in [6, 6.07) is 4.67. The van der Waals surface area contributed by atoms with Crippen LogP contribution in [-0.4, -0.2) is 30.6 Å². The van der Waals surface area contributed by atoms with Gasteiger partial charge in [0, 0.05) is 29.6 Å². The predicted octanol–water partition coefficient (Wildman–Crippen LogP) is 4.99. The number of rotatable bonds is 3. The SMILES string of the molecule is Cc1nc(C)c2c(C)c(C(=O)Nc3cc(-c4nnc5n4CCCCC5)ccc3F)sc2n1. The molecule has 0 radical (unpaired) electrons. The summed E-state index contributed by atoms with van der Waals surface area (Å²) in [5.41, 5.74) is 2.49. The second-order valence-corrected chi connectivity index (χ2v) is 9.14. The van der Waals surface area contributed by atoms with Crippen molar-refractivity contribution in [3.8, 4) is 11.4 Å². The highest BCUT2D eigenvalue weighted by Crippen LogP contribution is 2.33. The molecule has 164 valence electrons. The van der Waals surface area contributed by atoms with E-state index in [-0.39, 0.29) is 11.6 Å². The summed E-state index contributed by atoms with van der Waals surface area (Å²) in [7, 11) is 0. The average molecular weight is 451 g/mol. The van der Waals surface area contributed by atoms with Gasteiger partial charge in [-0.15, -0.1) is 21.5 Å². The Kier molecular flexibility index (Phi) is 5.21. The lowest BCUT2D eigenvalue weighted by Crippen LogP contribution is -2.13. The van der Waals surface area contributed by atoms with Crippen molar-refractivity contribution >= 4 is 33.1 Å². The Bertz CT molecular complexity index is 1360. The minimum absolute atomic E-state index is 0.120. The lowest BCUT2D eigenvalue weighted by molar-refractivity contribution is 0.102. The van der Waals surface area contributed by atoms with Gasteiger partial charge in [0.1, 0.15) is 22.3 Å². The van der Waals surface area contributed by atoms with Crippen molar-refractivity contribution in [2.75, 3.05) is 5.32 Å². The van der Waals surface area contributed by atoms with Gasteiger partial charge in [-0.1, -0.05) is 6.42 Å². The lowest BCUT2D eigenvalue weighted by Gasteiger charge is -2.10. The molecule has 0 fully saturated rings. The molecule has 1 amide bonds. The zero-order chi connectivity index (χ0) is 22.4. The number of hydrogen-bond acceptors (Lipinski definition) is 6. The molecule has 4 aromatic rings. The summed E-state index contributed by atoms with van der Waals surface area (Å²) >= 11 is 1.30. The molecular weight excluding hydrogens is 427 g/mol. The molecule has 0 atom stereocenters. The van der Waals surface area contributed by atoms with Crippen LogP contribution in [0.5, 0.6) is 0 Å². The number of hydrogen-bond donors (Lipinski definition) is 1. The summed E-state index contributed by atoms with van der Waals surface area (Å²) in [5, 5.41) is 12.3. The van der Waals surface area contributed by atoms with Crippen LogP contribution in [0.4, 0.5) is 10.1 Å². The van der Waals surface area contributed by atoms with Crippen LogP contribution >= 0.6 is 11.3 Å². The van der Waals surface area contributed by atoms with Crippen molar-refractivity contribution in [1.82, 2.24) is 24.7 Å². The van der Waals surface area contributed by atoms with Crippen LogP contribution in [0, 0.1) is 26.6 Å². The normalized spacial score (nSPS) is 13.8. The summed E-state index contributed by atoms with van der Waals surface area (Å²) < 4.78 is 16.7. The molecule has 1 N–H and O–H groups in total. The summed E-state index contributed by atoms with van der Waals surface area (Å²) in [5.74, 6) is 1.47. The Balaban J connectivity index is 1.49. The third kappa shape index (κ3) is 3.56. The number of carbonyl (C=O) groups is 1. The van der Waals surface area contributed by atoms with E-state index in [4.69, 9.17) is 0 Å². The van der Waals surface area contributed by atoms with E-state index < -0.39 is 5.82 Å². The maximum atomic E-state index is 14.6. The minimum Gasteiger partial charge on any atom is -0.319 e. The topological polar surface area (TPSA) is 85.6 Å². The van der Waals surface area contributed by atoms with Crippen LogP contribution in [0.1, 0.15) is 51.8 Å². The highest BCUT2D eigenvalue weighted by molar-refractivity contribution is 7.20. The van der Waals surface area contributed by atoms with Crippen molar-refractivity contribution in [3.05, 3.63) is 51.8 Å². The van der Waals surface area contributed by atoms with Crippen molar-refractivity contribution in [3.63, 3.8) is 0 Å². The van der Waals surface area contributed by atoms with E-state index in [1.54, 1.807) is 12.1 Å². The van der Waals surface area contributed by atoms with Gasteiger partial charge in [0.15, 0.2) is 5.82 Å². The molecule has 0 bridgehead atoms. The molecule has 7 nitrogen and oxygen atoms in total. The Morgan fingerprint density at radius 1 is 1.12 bits per heavy atom. The third-order valence-corrected chi connectivity index (χ3v) is 7.06. The molecule has 9 heteroatoms. The van der Waals surface area contributed by atoms with Gasteiger partial charge in [0.05, 0.1) is 10.6 Å². The molecule has 5 rings (SSSR count). The number of benzene rings is 1. The Hall–Kier alpha value is -3.20. The van der Waals surface area contributed by atoms with Crippen molar-refractivity contribution in [1.29, 1.82) is 0 Å². The van der Waals surface area contributed by atoms with Crippen molar-refractivity contribution in [2.24, 2.45) is 0 Å². The average Bonchev–Trinajstić information content (AvgIpc) is 3.21. The first-order valence-corrected chi connectivity index (χ1v) is 11.5. The molecule has 0 aliphatic carbocycles. The number of halogens is 1. The smallest absolute Gasteiger partial charge is 0.266 e. The van der Waals surface area contributed by atoms with Crippen LogP contribution in [0.25, 0.3) is 21.6 Å². The van der Waals surface area contributed by atoms with E-state index in [9.17, 15) is 9.18 Å². The van der Waals surface area contributed by atoms with E-state index in [2.05, 4.69) is 30.0 Å². The molecule has 0 saturated carbocycles. The third-order valence-electron chi connectivity index (χ3n) is 5.87. The number of nitrogens with one attached hydrogen (secondary N) is 1. The van der Waals surface area contributed by atoms with E-state index in [1.165, 1.54) is 17.4 Å². The van der Waals surface area contributed by atoms with Gasteiger partial charge in [-0.3, -0.25) is 4.79 Å². The summed E-state index contributed by atoms with van der Waals surface area (Å²) in [4.78, 5) is 23.2. The van der Waals surface area contributed by atoms with Gasteiger partial charge < -0.3 is 9.88 Å². The molecule has 32 heavy (non-hydrogen) atoms. The zero-order valence-corrected chi connectivity index (χ0v) is 19.0. The standard InChI is InChI=1S/C23H23FN6OS/c1-12-19-13(2)25-14(3)26-23(19)32-20(12)22(31)27-17-11-15(8-9-16(17)24)21-29-28-18-7-5-4-6-10-30(18)21/h8-9,11H,4-7,10H2,1-3H3,(H,27,31). The summed E-state index contributed by atoms with van der Waals surface area (Å²) in [6.07, 6.45) is 4.22. The largest absolute Gasteiger partial charge is 0.319 e. The minimum atomic E-state index is -0.497. The number of fused-ring (bicyclic) bond motifs is 2. The fraction of sp³-hybridized carbons (Fsp3) is 0.348. The highest BCUT2D eigenvalue weighted by Gasteiger charge is 2.21. The molecule has 0 saturated heterocycles. The predicted molar refractivity (Wildman–Crippen MR) is 123 cm³/mol. The fourth-order valence-corrected chi connectivity index (χ4v) is 5.50. The van der Waals surface area contributed by atoms with Gasteiger partial charge >= 0.3 is 0 Å². The zero-order valence-electron chi connectivity index (χ0n) is 18.2. The van der Waals surface area contributed by atoms with Gasteiger partial charge in [-0.25, -0.2) is 14.4 Å². The molecule has 1 aliphatic heterocycles. The second kappa shape index (κ2) is 8.05. The number of amides is 1. The van der Waals surface area contributed by atoms with E-state index in [1.807, 2.05) is 20.8 Å². The molecular formula is C23H23FN6OS. The first-order chi connectivity index (χ1) is 15.4. The fourth-order valence-electron chi connectivity index (χ4n) is 4.33. The molecule has 0 unspecified atom stereocenters. The number of nitrogens with zero attached hydrogens (tertiary/aromatic N) is 5. The Labute approximate surface area is 188 Å². The van der Waals surface area contributed by atoms with E-state index in [0.29, 0.717) is 16.5 Å². The van der Waals surface area contributed by atoms with Crippen LogP contribution in [0.3, 0.4) is 0 Å². The first kappa shape index (κ1) is 20.7. The monoisotopic (exact) mass is 450 g/mol. The quantitative estimate of drug-likeness (QED) is 0.475. The number of anilines is 1. The van der Waals surface area contributed by atoms with Gasteiger partial charge in [-0.2, -0.15) is 0 Å². The summed E-state index contributed by atoms with van der Waals surface area (Å²) in [6.45, 7) is 6.45. The second-order valence-electron chi connectivity index (χ2n) is 8.14. The molecule has 4 heterocycles.